The van der Waals surface area contributed by atoms with Crippen molar-refractivity contribution in [1.82, 2.24) is 0 Å². The fraction of sp³-hybridized carbons (Fsp3) is 0.500. The van der Waals surface area contributed by atoms with Crippen LogP contribution >= 0.6 is 0 Å². The summed E-state index contributed by atoms with van der Waals surface area (Å²) in [5.41, 5.74) is 0. The van der Waals surface area contributed by atoms with Gasteiger partial charge in [-0.3, -0.25) is 0 Å². The lowest BCUT2D eigenvalue weighted by molar-refractivity contribution is 0.152. The number of rotatable bonds is 4. The second-order valence-corrected chi connectivity index (χ2v) is 1.76. The summed E-state index contributed by atoms with van der Waals surface area (Å²) in [6, 6.07) is 0. The average molecular weight is 142 g/mol. The fourth-order valence-corrected chi connectivity index (χ4v) is 0.555. The number of allylic oxidation sites excluding steroid dienone is 3. The van der Waals surface area contributed by atoms with Crippen LogP contribution in [0.15, 0.2) is 24.0 Å². The van der Waals surface area contributed by atoms with E-state index >= 15 is 0 Å². The van der Waals surface area contributed by atoms with Crippen molar-refractivity contribution in [3.05, 3.63) is 24.0 Å². The molecule has 0 saturated carbocycles. The Kier molecular flexibility index (Phi) is 5.88. The maximum atomic E-state index is 8.40. The van der Waals surface area contributed by atoms with Gasteiger partial charge in [-0.15, -0.1) is 0 Å². The van der Waals surface area contributed by atoms with E-state index in [-0.39, 0.29) is 6.61 Å². The molecule has 0 aliphatic heterocycles. The number of hydrogen-bond donors (Lipinski definition) is 1. The first-order valence-corrected chi connectivity index (χ1v) is 3.37. The molecular weight excluding hydrogens is 128 g/mol. The van der Waals surface area contributed by atoms with Crippen LogP contribution in [0.1, 0.15) is 13.8 Å². The maximum Gasteiger partial charge on any atom is 0.114 e. The van der Waals surface area contributed by atoms with E-state index < -0.39 is 0 Å². The van der Waals surface area contributed by atoms with E-state index in [4.69, 9.17) is 9.84 Å². The molecule has 10 heavy (non-hydrogen) atoms. The first-order chi connectivity index (χ1) is 4.85. The summed E-state index contributed by atoms with van der Waals surface area (Å²) in [4.78, 5) is 0. The summed E-state index contributed by atoms with van der Waals surface area (Å²) in [7, 11) is 0. The number of aliphatic hydroxyl groups is 1. The van der Waals surface area contributed by atoms with Crippen molar-refractivity contribution in [2.45, 2.75) is 13.8 Å². The van der Waals surface area contributed by atoms with Crippen molar-refractivity contribution in [3.63, 3.8) is 0 Å². The predicted octanol–water partition coefficient (Wildman–Crippen LogP) is 1.48. The van der Waals surface area contributed by atoms with Crippen LogP contribution in [0.25, 0.3) is 0 Å². The molecule has 0 aliphatic carbocycles. The summed E-state index contributed by atoms with van der Waals surface area (Å²) >= 11 is 0. The topological polar surface area (TPSA) is 29.5 Å². The van der Waals surface area contributed by atoms with Crippen molar-refractivity contribution >= 4 is 0 Å². The Labute approximate surface area is 61.8 Å². The third-order valence-electron chi connectivity index (χ3n) is 0.975. The zero-order chi connectivity index (χ0) is 7.82. The summed E-state index contributed by atoms with van der Waals surface area (Å²) in [6.07, 6.45) is 5.61. The van der Waals surface area contributed by atoms with Gasteiger partial charge in [-0.05, 0) is 26.0 Å². The summed E-state index contributed by atoms with van der Waals surface area (Å²) < 4.78 is 5.11. The highest BCUT2D eigenvalue weighted by atomic mass is 16.5. The molecule has 0 radical (unpaired) electrons. The van der Waals surface area contributed by atoms with Gasteiger partial charge in [0, 0.05) is 0 Å². The monoisotopic (exact) mass is 142 g/mol. The smallest absolute Gasteiger partial charge is 0.114 e. The molecule has 0 heterocycles. The van der Waals surface area contributed by atoms with E-state index in [1.54, 1.807) is 0 Å². The molecule has 2 nitrogen and oxygen atoms in total. The Bertz CT molecular complexity index is 125. The van der Waals surface area contributed by atoms with Crippen molar-refractivity contribution in [3.8, 4) is 0 Å². The van der Waals surface area contributed by atoms with Gasteiger partial charge in [-0.2, -0.15) is 0 Å². The van der Waals surface area contributed by atoms with Crippen molar-refractivity contribution in [1.29, 1.82) is 0 Å². The van der Waals surface area contributed by atoms with Gasteiger partial charge < -0.3 is 9.84 Å². The largest absolute Gasteiger partial charge is 0.492 e. The molecule has 1 N–H and O–H groups in total. The molecule has 0 aromatic carbocycles. The highest BCUT2D eigenvalue weighted by molar-refractivity contribution is 5.09. The lowest BCUT2D eigenvalue weighted by Gasteiger charge is -2.02. The first-order valence-electron chi connectivity index (χ1n) is 3.37. The Morgan fingerprint density at radius 3 is 2.60 bits per heavy atom. The quantitative estimate of drug-likeness (QED) is 0.476. The van der Waals surface area contributed by atoms with Crippen molar-refractivity contribution < 1.29 is 9.84 Å². The Hall–Kier alpha value is -0.760. The molecule has 0 atom stereocenters. The van der Waals surface area contributed by atoms with E-state index in [1.165, 1.54) is 0 Å². The predicted molar refractivity (Wildman–Crippen MR) is 41.6 cm³/mol. The van der Waals surface area contributed by atoms with Crippen LogP contribution in [-0.2, 0) is 4.74 Å². The molecule has 0 aromatic heterocycles. The molecule has 58 valence electrons. The fourth-order valence-electron chi connectivity index (χ4n) is 0.555. The van der Waals surface area contributed by atoms with E-state index in [0.717, 1.165) is 5.76 Å². The van der Waals surface area contributed by atoms with Crippen LogP contribution in [0.3, 0.4) is 0 Å². The molecule has 0 amide bonds. The molecular formula is C8H14O2. The van der Waals surface area contributed by atoms with Gasteiger partial charge in [0.05, 0.1) is 6.61 Å². The van der Waals surface area contributed by atoms with E-state index in [2.05, 4.69) is 0 Å². The summed E-state index contributed by atoms with van der Waals surface area (Å²) in [5.74, 6) is 0.802. The Morgan fingerprint density at radius 2 is 2.20 bits per heavy atom. The SMILES string of the molecule is C/C=C\C(=C/C)OCCO. The maximum absolute atomic E-state index is 8.40. The molecule has 2 heteroatoms. The molecule has 0 spiro atoms. The van der Waals surface area contributed by atoms with E-state index in [1.807, 2.05) is 32.1 Å². The minimum atomic E-state index is 0.0644. The molecule has 0 fully saturated rings. The molecule has 0 aromatic rings. The van der Waals surface area contributed by atoms with Gasteiger partial charge in [-0.25, -0.2) is 0 Å². The van der Waals surface area contributed by atoms with Crippen LogP contribution in [0.4, 0.5) is 0 Å². The average Bonchev–Trinajstić information content (AvgIpc) is 1.98. The molecule has 0 saturated heterocycles. The minimum absolute atomic E-state index is 0.0644. The van der Waals surface area contributed by atoms with Crippen LogP contribution in [0.2, 0.25) is 0 Å². The van der Waals surface area contributed by atoms with Gasteiger partial charge >= 0.3 is 0 Å². The van der Waals surface area contributed by atoms with Crippen LogP contribution in [-0.4, -0.2) is 18.3 Å². The third-order valence-corrected chi connectivity index (χ3v) is 0.975. The minimum Gasteiger partial charge on any atom is -0.492 e. The molecule has 0 bridgehead atoms. The lowest BCUT2D eigenvalue weighted by Crippen LogP contribution is -1.96. The third kappa shape index (κ3) is 4.15. The van der Waals surface area contributed by atoms with Crippen molar-refractivity contribution in [2.75, 3.05) is 13.2 Å². The van der Waals surface area contributed by atoms with Gasteiger partial charge in [0.1, 0.15) is 12.4 Å². The second kappa shape index (κ2) is 6.36. The van der Waals surface area contributed by atoms with Crippen molar-refractivity contribution in [2.24, 2.45) is 0 Å². The normalized spacial score (nSPS) is 12.5. The van der Waals surface area contributed by atoms with Gasteiger partial charge in [0.2, 0.25) is 0 Å². The zero-order valence-corrected chi connectivity index (χ0v) is 6.50. The zero-order valence-electron chi connectivity index (χ0n) is 6.50. The molecule has 0 unspecified atom stereocenters. The lowest BCUT2D eigenvalue weighted by atomic mass is 10.4. The van der Waals surface area contributed by atoms with E-state index in [0.29, 0.717) is 6.61 Å². The Morgan fingerprint density at radius 1 is 1.50 bits per heavy atom. The summed E-state index contributed by atoms with van der Waals surface area (Å²) in [6.45, 7) is 4.25. The number of ether oxygens (including phenoxy) is 1. The van der Waals surface area contributed by atoms with Crippen LogP contribution in [0.5, 0.6) is 0 Å². The second-order valence-electron chi connectivity index (χ2n) is 1.76. The van der Waals surface area contributed by atoms with Gasteiger partial charge in [0.25, 0.3) is 0 Å². The Balaban J connectivity index is 3.62. The standard InChI is InChI=1S/C8H14O2/c1-3-5-8(4-2)10-7-6-9/h3-5,9H,6-7H2,1-2H3/b5-3-,8-4+. The molecule has 0 rings (SSSR count). The molecule has 0 aliphatic rings. The van der Waals surface area contributed by atoms with Crippen LogP contribution in [0, 0.1) is 0 Å². The van der Waals surface area contributed by atoms with Crippen LogP contribution < -0.4 is 0 Å². The highest BCUT2D eigenvalue weighted by Gasteiger charge is 1.87. The van der Waals surface area contributed by atoms with Gasteiger partial charge in [-0.1, -0.05) is 6.08 Å². The highest BCUT2D eigenvalue weighted by Crippen LogP contribution is 1.97. The first kappa shape index (κ1) is 9.24. The van der Waals surface area contributed by atoms with Gasteiger partial charge in [0.15, 0.2) is 0 Å². The summed E-state index contributed by atoms with van der Waals surface area (Å²) in [5, 5.41) is 8.40. The van der Waals surface area contributed by atoms with E-state index in [9.17, 15) is 0 Å². The number of hydrogen-bond acceptors (Lipinski definition) is 2. The number of aliphatic hydroxyl groups excluding tert-OH is 1.